The zero-order valence-corrected chi connectivity index (χ0v) is 13.6. The molecule has 0 bridgehead atoms. The number of anilines is 1. The summed E-state index contributed by atoms with van der Waals surface area (Å²) in [5.74, 6) is -1.78. The summed E-state index contributed by atoms with van der Waals surface area (Å²) >= 11 is 5.94. The number of halogens is 1. The zero-order chi connectivity index (χ0) is 16.7. The number of carbonyl (C=O) groups is 2. The second-order valence-corrected chi connectivity index (χ2v) is 5.38. The first-order valence-corrected chi connectivity index (χ1v) is 7.82. The van der Waals surface area contributed by atoms with Crippen molar-refractivity contribution in [1.82, 2.24) is 4.98 Å². The Labute approximate surface area is 139 Å². The van der Waals surface area contributed by atoms with Gasteiger partial charge < -0.3 is 19.8 Å². The van der Waals surface area contributed by atoms with E-state index in [1.165, 1.54) is 0 Å². The summed E-state index contributed by atoms with van der Waals surface area (Å²) in [4.78, 5) is 26.5. The molecule has 0 radical (unpaired) electrons. The van der Waals surface area contributed by atoms with Crippen molar-refractivity contribution in [3.63, 3.8) is 0 Å². The minimum Gasteiger partial charge on any atom is -0.456 e. The van der Waals surface area contributed by atoms with E-state index >= 15 is 0 Å². The SMILES string of the molecule is CCCCOCCOC(=O)C(=O)Nc1c[nH]c2ccc(Cl)cc12. The molecule has 0 aliphatic rings. The van der Waals surface area contributed by atoms with Crippen LogP contribution >= 0.6 is 11.6 Å². The maximum Gasteiger partial charge on any atom is 0.397 e. The Morgan fingerprint density at radius 1 is 1.26 bits per heavy atom. The summed E-state index contributed by atoms with van der Waals surface area (Å²) < 4.78 is 10.1. The minimum atomic E-state index is -0.944. The highest BCUT2D eigenvalue weighted by Gasteiger charge is 2.17. The number of esters is 1. The highest BCUT2D eigenvalue weighted by Crippen LogP contribution is 2.26. The molecule has 0 atom stereocenters. The number of hydrogen-bond donors (Lipinski definition) is 2. The number of ether oxygens (including phenoxy) is 2. The van der Waals surface area contributed by atoms with Crippen LogP contribution in [-0.2, 0) is 19.1 Å². The van der Waals surface area contributed by atoms with Crippen molar-refractivity contribution in [1.29, 1.82) is 0 Å². The number of rotatable bonds is 7. The number of aromatic amines is 1. The fourth-order valence-electron chi connectivity index (χ4n) is 1.98. The Morgan fingerprint density at radius 3 is 2.87 bits per heavy atom. The van der Waals surface area contributed by atoms with Gasteiger partial charge in [-0.15, -0.1) is 0 Å². The largest absolute Gasteiger partial charge is 0.456 e. The third kappa shape index (κ3) is 4.97. The van der Waals surface area contributed by atoms with E-state index in [1.807, 2.05) is 0 Å². The van der Waals surface area contributed by atoms with Crippen LogP contribution in [0.15, 0.2) is 24.4 Å². The van der Waals surface area contributed by atoms with Crippen LogP contribution in [-0.4, -0.2) is 36.7 Å². The van der Waals surface area contributed by atoms with Crippen molar-refractivity contribution >= 4 is 40.1 Å². The molecule has 1 aromatic heterocycles. The molecule has 124 valence electrons. The van der Waals surface area contributed by atoms with Crippen molar-refractivity contribution in [3.8, 4) is 0 Å². The summed E-state index contributed by atoms with van der Waals surface area (Å²) in [7, 11) is 0. The van der Waals surface area contributed by atoms with Gasteiger partial charge in [-0.3, -0.25) is 4.79 Å². The molecule has 0 unspecified atom stereocenters. The molecule has 0 fully saturated rings. The number of nitrogens with one attached hydrogen (secondary N) is 2. The lowest BCUT2D eigenvalue weighted by Crippen LogP contribution is -2.26. The molecule has 1 heterocycles. The van der Waals surface area contributed by atoms with Gasteiger partial charge in [0.15, 0.2) is 0 Å². The van der Waals surface area contributed by atoms with Gasteiger partial charge in [0.1, 0.15) is 6.61 Å². The minimum absolute atomic E-state index is 0.0513. The number of amides is 1. The van der Waals surface area contributed by atoms with E-state index < -0.39 is 11.9 Å². The Bertz CT molecular complexity index is 684. The Kier molecular flexibility index (Phi) is 6.43. The van der Waals surface area contributed by atoms with Crippen molar-refractivity contribution in [3.05, 3.63) is 29.4 Å². The van der Waals surface area contributed by atoms with Crippen molar-refractivity contribution in [2.75, 3.05) is 25.1 Å². The summed E-state index contributed by atoms with van der Waals surface area (Å²) in [6.45, 7) is 3.01. The zero-order valence-electron chi connectivity index (χ0n) is 12.9. The van der Waals surface area contributed by atoms with Crippen LogP contribution in [0.4, 0.5) is 5.69 Å². The lowest BCUT2D eigenvalue weighted by atomic mass is 10.2. The van der Waals surface area contributed by atoms with E-state index in [0.29, 0.717) is 17.3 Å². The molecule has 23 heavy (non-hydrogen) atoms. The third-order valence-electron chi connectivity index (χ3n) is 3.18. The summed E-state index contributed by atoms with van der Waals surface area (Å²) in [5.41, 5.74) is 1.28. The molecule has 0 spiro atoms. The van der Waals surface area contributed by atoms with E-state index in [2.05, 4.69) is 17.2 Å². The fraction of sp³-hybridized carbons (Fsp3) is 0.375. The number of carbonyl (C=O) groups excluding carboxylic acids is 2. The maximum absolute atomic E-state index is 11.8. The molecule has 1 amide bonds. The molecule has 2 N–H and O–H groups in total. The third-order valence-corrected chi connectivity index (χ3v) is 3.42. The average molecular weight is 339 g/mol. The Balaban J connectivity index is 1.83. The fourth-order valence-corrected chi connectivity index (χ4v) is 2.15. The molecule has 2 aromatic rings. The smallest absolute Gasteiger partial charge is 0.397 e. The van der Waals surface area contributed by atoms with Crippen LogP contribution in [0.5, 0.6) is 0 Å². The number of unbranched alkanes of at least 4 members (excludes halogenated alkanes) is 1. The van der Waals surface area contributed by atoms with Gasteiger partial charge in [0.05, 0.1) is 12.3 Å². The predicted molar refractivity (Wildman–Crippen MR) is 88.6 cm³/mol. The Hall–Kier alpha value is -2.05. The van der Waals surface area contributed by atoms with Gasteiger partial charge in [0.25, 0.3) is 0 Å². The highest BCUT2D eigenvalue weighted by molar-refractivity contribution is 6.38. The molecule has 0 saturated heterocycles. The van der Waals surface area contributed by atoms with Crippen molar-refractivity contribution < 1.29 is 19.1 Å². The summed E-state index contributed by atoms with van der Waals surface area (Å²) in [6, 6.07) is 5.23. The molecule has 6 nitrogen and oxygen atoms in total. The van der Waals surface area contributed by atoms with Crippen molar-refractivity contribution in [2.24, 2.45) is 0 Å². The molecule has 1 aromatic carbocycles. The number of hydrogen-bond acceptors (Lipinski definition) is 4. The molecule has 0 saturated carbocycles. The van der Waals surface area contributed by atoms with Crippen LogP contribution < -0.4 is 5.32 Å². The maximum atomic E-state index is 11.8. The van der Waals surface area contributed by atoms with Gasteiger partial charge in [-0.25, -0.2) is 4.79 Å². The molecular formula is C16H19ClN2O4. The molecule has 0 aliphatic carbocycles. The van der Waals surface area contributed by atoms with E-state index in [1.54, 1.807) is 24.4 Å². The molecular weight excluding hydrogens is 320 g/mol. The van der Waals surface area contributed by atoms with E-state index in [4.69, 9.17) is 21.1 Å². The number of fused-ring (bicyclic) bond motifs is 1. The number of benzene rings is 1. The highest BCUT2D eigenvalue weighted by atomic mass is 35.5. The lowest BCUT2D eigenvalue weighted by Gasteiger charge is -2.06. The first-order valence-electron chi connectivity index (χ1n) is 7.44. The van der Waals surface area contributed by atoms with Crippen LogP contribution in [0.25, 0.3) is 10.9 Å². The van der Waals surface area contributed by atoms with Crippen LogP contribution in [0.2, 0.25) is 5.02 Å². The molecule has 0 aliphatic heterocycles. The molecule has 7 heteroatoms. The van der Waals surface area contributed by atoms with Crippen molar-refractivity contribution in [2.45, 2.75) is 19.8 Å². The predicted octanol–water partition coefficient (Wildman–Crippen LogP) is 3.12. The second-order valence-electron chi connectivity index (χ2n) is 4.95. The Morgan fingerprint density at radius 2 is 2.09 bits per heavy atom. The lowest BCUT2D eigenvalue weighted by molar-refractivity contribution is -0.153. The first-order chi connectivity index (χ1) is 11.1. The van der Waals surface area contributed by atoms with Gasteiger partial charge in [0.2, 0.25) is 0 Å². The first kappa shape index (κ1) is 17.3. The van der Waals surface area contributed by atoms with E-state index in [0.717, 1.165) is 23.7 Å². The van der Waals surface area contributed by atoms with Gasteiger partial charge in [-0.05, 0) is 24.6 Å². The van der Waals surface area contributed by atoms with Gasteiger partial charge in [-0.2, -0.15) is 0 Å². The quantitative estimate of drug-likeness (QED) is 0.462. The molecule has 2 rings (SSSR count). The standard InChI is InChI=1S/C16H19ClN2O4/c1-2-3-6-22-7-8-23-16(21)15(20)19-14-10-18-13-5-4-11(17)9-12(13)14/h4-5,9-10,18H,2-3,6-8H2,1H3,(H,19,20). The average Bonchev–Trinajstić information content (AvgIpc) is 2.92. The summed E-state index contributed by atoms with van der Waals surface area (Å²) in [5, 5.41) is 3.77. The van der Waals surface area contributed by atoms with E-state index in [-0.39, 0.29) is 13.2 Å². The monoisotopic (exact) mass is 338 g/mol. The van der Waals surface area contributed by atoms with Crippen LogP contribution in [0.3, 0.4) is 0 Å². The van der Waals surface area contributed by atoms with Gasteiger partial charge >= 0.3 is 11.9 Å². The van der Waals surface area contributed by atoms with Gasteiger partial charge in [-0.1, -0.05) is 24.9 Å². The summed E-state index contributed by atoms with van der Waals surface area (Å²) in [6.07, 6.45) is 3.59. The second kappa shape index (κ2) is 8.55. The van der Waals surface area contributed by atoms with Gasteiger partial charge in [0, 0.05) is 28.7 Å². The number of aromatic nitrogens is 1. The normalized spacial score (nSPS) is 10.7. The van der Waals surface area contributed by atoms with Crippen LogP contribution in [0, 0.1) is 0 Å². The van der Waals surface area contributed by atoms with Crippen LogP contribution in [0.1, 0.15) is 19.8 Å². The topological polar surface area (TPSA) is 80.4 Å². The number of H-pyrrole nitrogens is 1. The van der Waals surface area contributed by atoms with E-state index in [9.17, 15) is 9.59 Å².